The van der Waals surface area contributed by atoms with Crippen molar-refractivity contribution in [2.45, 2.75) is 58.0 Å². The van der Waals surface area contributed by atoms with Crippen LogP contribution in [0.5, 0.6) is 0 Å². The molecule has 9 nitrogen and oxygen atoms in total. The van der Waals surface area contributed by atoms with Crippen LogP contribution in [0.2, 0.25) is 0 Å². The first kappa shape index (κ1) is 28.4. The SMILES string of the molecule is CN(C(=O)OC(C)(C)C)[C@@H]1CN(c2ccc(C3CCN(C(=O)COCc4ccccc4)CC3)c(F)c2)C(=O)O1. The van der Waals surface area contributed by atoms with Gasteiger partial charge in [-0.2, -0.15) is 0 Å². The largest absolute Gasteiger partial charge is 0.444 e. The van der Waals surface area contributed by atoms with Gasteiger partial charge in [-0.15, -0.1) is 0 Å². The molecule has 2 aromatic rings. The number of hydrogen-bond donors (Lipinski definition) is 0. The number of hydrogen-bond acceptors (Lipinski definition) is 6. The normalized spacial score (nSPS) is 18.2. The summed E-state index contributed by atoms with van der Waals surface area (Å²) in [6.45, 7) is 6.74. The van der Waals surface area contributed by atoms with Crippen molar-refractivity contribution in [1.82, 2.24) is 9.80 Å². The lowest BCUT2D eigenvalue weighted by Crippen LogP contribution is -2.42. The van der Waals surface area contributed by atoms with Crippen molar-refractivity contribution in [2.75, 3.05) is 38.2 Å². The third-order valence-corrected chi connectivity index (χ3v) is 6.83. The van der Waals surface area contributed by atoms with E-state index in [4.69, 9.17) is 14.2 Å². The number of benzene rings is 2. The number of piperidine rings is 1. The maximum atomic E-state index is 15.2. The zero-order chi connectivity index (χ0) is 28.2. The third kappa shape index (κ3) is 7.26. The van der Waals surface area contributed by atoms with Gasteiger partial charge >= 0.3 is 12.2 Å². The van der Waals surface area contributed by atoms with Crippen LogP contribution in [0, 0.1) is 5.82 Å². The number of cyclic esters (lactones) is 1. The van der Waals surface area contributed by atoms with Crippen molar-refractivity contribution in [1.29, 1.82) is 0 Å². The van der Waals surface area contributed by atoms with Crippen molar-refractivity contribution < 1.29 is 33.0 Å². The number of carbonyl (C=O) groups excluding carboxylic acids is 3. The summed E-state index contributed by atoms with van der Waals surface area (Å²) in [6.07, 6.45) is -0.863. The Morgan fingerprint density at radius 2 is 1.79 bits per heavy atom. The van der Waals surface area contributed by atoms with Crippen LogP contribution < -0.4 is 4.90 Å². The van der Waals surface area contributed by atoms with Gasteiger partial charge in [-0.1, -0.05) is 36.4 Å². The van der Waals surface area contributed by atoms with Gasteiger partial charge in [0.05, 0.1) is 18.8 Å². The monoisotopic (exact) mass is 541 g/mol. The summed E-state index contributed by atoms with van der Waals surface area (Å²) in [4.78, 5) is 41.7. The smallest absolute Gasteiger partial charge is 0.416 e. The second-order valence-electron chi connectivity index (χ2n) is 10.9. The zero-order valence-corrected chi connectivity index (χ0v) is 22.9. The van der Waals surface area contributed by atoms with E-state index in [9.17, 15) is 14.4 Å². The Bertz CT molecular complexity index is 1180. The Balaban J connectivity index is 1.29. The van der Waals surface area contributed by atoms with E-state index in [1.54, 1.807) is 37.8 Å². The number of rotatable bonds is 7. The second-order valence-corrected chi connectivity index (χ2v) is 10.9. The van der Waals surface area contributed by atoms with Gasteiger partial charge in [0.1, 0.15) is 18.0 Å². The van der Waals surface area contributed by atoms with E-state index in [1.165, 1.54) is 22.9 Å². The van der Waals surface area contributed by atoms with E-state index in [0.717, 1.165) is 5.56 Å². The molecule has 0 bridgehead atoms. The fraction of sp³-hybridized carbons (Fsp3) is 0.483. The standard InChI is InChI=1S/C29H36FN3O6/c1-29(2,3)39-27(35)31(4)26-17-33(28(36)38-26)22-10-11-23(24(30)16-22)21-12-14-32(15-13-21)25(34)19-37-18-20-8-6-5-7-9-20/h5-11,16,21,26H,12-15,17-19H2,1-4H3/t26-/m0/s1. The third-order valence-electron chi connectivity index (χ3n) is 6.83. The first-order valence-electron chi connectivity index (χ1n) is 13.1. The van der Waals surface area contributed by atoms with Crippen molar-refractivity contribution in [3.05, 3.63) is 65.5 Å². The Morgan fingerprint density at radius 1 is 1.10 bits per heavy atom. The number of halogens is 1. The first-order chi connectivity index (χ1) is 18.5. The number of amides is 3. The molecule has 1 atom stereocenters. The van der Waals surface area contributed by atoms with Gasteiger partial charge in [0.2, 0.25) is 5.91 Å². The molecule has 2 aliphatic heterocycles. The topological polar surface area (TPSA) is 88.6 Å². The number of ether oxygens (including phenoxy) is 3. The fourth-order valence-corrected chi connectivity index (χ4v) is 4.69. The fourth-order valence-electron chi connectivity index (χ4n) is 4.69. The zero-order valence-electron chi connectivity index (χ0n) is 22.9. The number of likely N-dealkylation sites (tertiary alicyclic amines) is 1. The molecule has 0 radical (unpaired) electrons. The van der Waals surface area contributed by atoms with E-state index in [1.807, 2.05) is 30.3 Å². The molecule has 0 N–H and O–H groups in total. The van der Waals surface area contributed by atoms with E-state index < -0.39 is 29.8 Å². The molecular weight excluding hydrogens is 505 g/mol. The summed E-state index contributed by atoms with van der Waals surface area (Å²) in [5.74, 6) is -0.524. The highest BCUT2D eigenvalue weighted by atomic mass is 19.1. The van der Waals surface area contributed by atoms with Crippen LogP contribution in [-0.4, -0.2) is 73.0 Å². The number of likely N-dealkylation sites (N-methyl/N-ethyl adjacent to an activating group) is 1. The van der Waals surface area contributed by atoms with E-state index in [-0.39, 0.29) is 25.0 Å². The highest BCUT2D eigenvalue weighted by molar-refractivity contribution is 5.90. The predicted molar refractivity (Wildman–Crippen MR) is 143 cm³/mol. The van der Waals surface area contributed by atoms with Gasteiger partial charge < -0.3 is 19.1 Å². The minimum atomic E-state index is -0.853. The van der Waals surface area contributed by atoms with Crippen LogP contribution in [-0.2, 0) is 25.6 Å². The molecule has 3 amide bonds. The van der Waals surface area contributed by atoms with Crippen molar-refractivity contribution >= 4 is 23.8 Å². The average Bonchev–Trinajstić information content (AvgIpc) is 3.29. The van der Waals surface area contributed by atoms with Crippen LogP contribution in [0.1, 0.15) is 50.7 Å². The van der Waals surface area contributed by atoms with Crippen molar-refractivity contribution in [3.8, 4) is 0 Å². The van der Waals surface area contributed by atoms with Crippen molar-refractivity contribution in [2.24, 2.45) is 0 Å². The summed E-state index contributed by atoms with van der Waals surface area (Å²) in [5, 5.41) is 0. The van der Waals surface area contributed by atoms with Gasteiger partial charge in [0.15, 0.2) is 6.23 Å². The molecule has 2 aliphatic rings. The highest BCUT2D eigenvalue weighted by Gasteiger charge is 2.38. The van der Waals surface area contributed by atoms with Crippen LogP contribution in [0.15, 0.2) is 48.5 Å². The average molecular weight is 542 g/mol. The van der Waals surface area contributed by atoms with Crippen LogP contribution in [0.25, 0.3) is 0 Å². The molecule has 2 aromatic carbocycles. The summed E-state index contributed by atoms with van der Waals surface area (Å²) in [7, 11) is 1.49. The molecule has 39 heavy (non-hydrogen) atoms. The molecular formula is C29H36FN3O6. The van der Waals surface area contributed by atoms with Gasteiger partial charge in [0.25, 0.3) is 0 Å². The first-order valence-corrected chi connectivity index (χ1v) is 13.1. The lowest BCUT2D eigenvalue weighted by molar-refractivity contribution is -0.137. The van der Waals surface area contributed by atoms with E-state index in [2.05, 4.69) is 0 Å². The van der Waals surface area contributed by atoms with Crippen LogP contribution in [0.4, 0.5) is 19.7 Å². The molecule has 2 fully saturated rings. The summed E-state index contributed by atoms with van der Waals surface area (Å²) in [6, 6.07) is 14.4. The molecule has 2 saturated heterocycles. The second kappa shape index (κ2) is 12.0. The van der Waals surface area contributed by atoms with Gasteiger partial charge in [-0.05, 0) is 62.8 Å². The highest BCUT2D eigenvalue weighted by Crippen LogP contribution is 2.33. The van der Waals surface area contributed by atoms with Crippen molar-refractivity contribution in [3.63, 3.8) is 0 Å². The van der Waals surface area contributed by atoms with E-state index in [0.29, 0.717) is 43.8 Å². The summed E-state index contributed by atoms with van der Waals surface area (Å²) < 4.78 is 31.5. The van der Waals surface area contributed by atoms with Gasteiger partial charge in [-0.3, -0.25) is 14.6 Å². The Hall–Kier alpha value is -3.66. The molecule has 0 saturated carbocycles. The Morgan fingerprint density at radius 3 is 2.44 bits per heavy atom. The van der Waals surface area contributed by atoms with Gasteiger partial charge in [0, 0.05) is 20.1 Å². The maximum absolute atomic E-state index is 15.2. The molecule has 0 aromatic heterocycles. The molecule has 0 spiro atoms. The predicted octanol–water partition coefficient (Wildman–Crippen LogP) is 4.90. The number of nitrogens with zero attached hydrogens (tertiary/aromatic N) is 3. The number of carbonyl (C=O) groups is 3. The molecule has 10 heteroatoms. The molecule has 4 rings (SSSR count). The summed E-state index contributed by atoms with van der Waals surface area (Å²) >= 11 is 0. The maximum Gasteiger partial charge on any atom is 0.416 e. The Kier molecular flexibility index (Phi) is 8.74. The van der Waals surface area contributed by atoms with Gasteiger partial charge in [-0.25, -0.2) is 14.0 Å². The number of anilines is 1. The summed E-state index contributed by atoms with van der Waals surface area (Å²) in [5.41, 5.74) is 1.23. The molecule has 210 valence electrons. The quantitative estimate of drug-likeness (QED) is 0.496. The minimum Gasteiger partial charge on any atom is -0.444 e. The Labute approximate surface area is 228 Å². The molecule has 0 unspecified atom stereocenters. The molecule has 2 heterocycles. The van der Waals surface area contributed by atoms with Crippen LogP contribution >= 0.6 is 0 Å². The minimum absolute atomic E-state index is 0.0126. The lowest BCUT2D eigenvalue weighted by Gasteiger charge is -2.32. The van der Waals surface area contributed by atoms with Crippen LogP contribution in [0.3, 0.4) is 0 Å². The molecule has 0 aliphatic carbocycles. The van der Waals surface area contributed by atoms with E-state index >= 15 is 4.39 Å². The lowest BCUT2D eigenvalue weighted by atomic mass is 9.89.